The minimum Gasteiger partial charge on any atom is -0.379 e. The van der Waals surface area contributed by atoms with Crippen LogP contribution in [0.25, 0.3) is 0 Å². The maximum absolute atomic E-state index is 13.9. The Kier molecular flexibility index (Phi) is 6.65. The molecule has 0 spiro atoms. The standard InChI is InChI=1S/C26H32N4O4/c1-3-29(27-11-15-33-16-12-27)21-9-10-22(30(4-2)28-13-17-34-18-14-28)24-23(21)25(31)19-7-5-6-8-20(19)26(24)32/h5-10H,3-4,11-18H2,1-2H3. The van der Waals surface area contributed by atoms with Crippen LogP contribution in [0.3, 0.4) is 0 Å². The maximum atomic E-state index is 13.9. The van der Waals surface area contributed by atoms with E-state index in [4.69, 9.17) is 9.47 Å². The van der Waals surface area contributed by atoms with Gasteiger partial charge >= 0.3 is 0 Å². The molecule has 0 amide bonds. The van der Waals surface area contributed by atoms with Crippen LogP contribution < -0.4 is 10.0 Å². The number of morpholine rings is 2. The molecule has 2 heterocycles. The second-order valence-corrected chi connectivity index (χ2v) is 8.62. The Balaban J connectivity index is 1.68. The van der Waals surface area contributed by atoms with Crippen molar-refractivity contribution < 1.29 is 19.1 Å². The maximum Gasteiger partial charge on any atom is 0.196 e. The third kappa shape index (κ3) is 3.90. The SMILES string of the molecule is CCN(c1ccc(N(CC)N2CCOCC2)c2c1C(=O)c1ccccc1C2=O)N1CCOCC1. The van der Waals surface area contributed by atoms with Crippen LogP contribution >= 0.6 is 0 Å². The second-order valence-electron chi connectivity index (χ2n) is 8.62. The highest BCUT2D eigenvalue weighted by molar-refractivity contribution is 6.32. The summed E-state index contributed by atoms with van der Waals surface area (Å²) < 4.78 is 11.1. The van der Waals surface area contributed by atoms with Crippen molar-refractivity contribution in [1.29, 1.82) is 0 Å². The van der Waals surface area contributed by atoms with Crippen molar-refractivity contribution in [3.05, 3.63) is 58.7 Å². The number of rotatable bonds is 6. The normalized spacial score (nSPS) is 19.0. The fraction of sp³-hybridized carbons (Fsp3) is 0.462. The Bertz CT molecular complexity index is 992. The molecule has 2 aliphatic heterocycles. The van der Waals surface area contributed by atoms with Crippen molar-refractivity contribution in [1.82, 2.24) is 10.0 Å². The van der Waals surface area contributed by atoms with Crippen molar-refractivity contribution in [3.8, 4) is 0 Å². The third-order valence-electron chi connectivity index (χ3n) is 6.84. The number of hydrogen-bond donors (Lipinski definition) is 0. The van der Waals surface area contributed by atoms with Crippen LogP contribution in [0, 0.1) is 0 Å². The highest BCUT2D eigenvalue weighted by Crippen LogP contribution is 2.40. The summed E-state index contributed by atoms with van der Waals surface area (Å²) in [6, 6.07) is 11.2. The molecule has 34 heavy (non-hydrogen) atoms. The van der Waals surface area contributed by atoms with E-state index in [1.165, 1.54) is 0 Å². The van der Waals surface area contributed by atoms with Crippen molar-refractivity contribution >= 4 is 22.9 Å². The largest absolute Gasteiger partial charge is 0.379 e. The minimum atomic E-state index is -0.0909. The second kappa shape index (κ2) is 9.84. The first-order chi connectivity index (χ1) is 16.7. The molecule has 1 aliphatic carbocycles. The van der Waals surface area contributed by atoms with Gasteiger partial charge in [0, 0.05) is 50.4 Å². The summed E-state index contributed by atoms with van der Waals surface area (Å²) in [5.41, 5.74) is 3.53. The summed E-state index contributed by atoms with van der Waals surface area (Å²) in [4.78, 5) is 27.9. The first-order valence-electron chi connectivity index (χ1n) is 12.2. The lowest BCUT2D eigenvalue weighted by Gasteiger charge is -2.42. The van der Waals surface area contributed by atoms with E-state index in [-0.39, 0.29) is 11.6 Å². The molecule has 0 atom stereocenters. The van der Waals surface area contributed by atoms with Gasteiger partial charge in [-0.05, 0) is 26.0 Å². The van der Waals surface area contributed by atoms with Crippen molar-refractivity contribution in [2.75, 3.05) is 75.7 Å². The van der Waals surface area contributed by atoms with E-state index in [1.54, 1.807) is 12.1 Å². The number of hydrazine groups is 2. The number of hydrogen-bond acceptors (Lipinski definition) is 8. The molecule has 5 rings (SSSR count). The number of carbonyl (C=O) groups is 2. The van der Waals surface area contributed by atoms with Gasteiger partial charge in [-0.15, -0.1) is 0 Å². The topological polar surface area (TPSA) is 65.6 Å². The van der Waals surface area contributed by atoms with Crippen LogP contribution in [-0.2, 0) is 9.47 Å². The highest BCUT2D eigenvalue weighted by Gasteiger charge is 2.37. The van der Waals surface area contributed by atoms with Gasteiger partial charge in [0.15, 0.2) is 11.6 Å². The molecule has 8 nitrogen and oxygen atoms in total. The first-order valence-corrected chi connectivity index (χ1v) is 12.2. The highest BCUT2D eigenvalue weighted by atomic mass is 16.5. The van der Waals surface area contributed by atoms with Gasteiger partial charge < -0.3 is 19.5 Å². The van der Waals surface area contributed by atoms with Gasteiger partial charge in [-0.1, -0.05) is 24.3 Å². The molecule has 0 radical (unpaired) electrons. The van der Waals surface area contributed by atoms with E-state index in [9.17, 15) is 9.59 Å². The van der Waals surface area contributed by atoms with Crippen LogP contribution in [0.2, 0.25) is 0 Å². The summed E-state index contributed by atoms with van der Waals surface area (Å²) in [6.45, 7) is 11.1. The number of ether oxygens (including phenoxy) is 2. The van der Waals surface area contributed by atoms with Gasteiger partial charge in [0.05, 0.1) is 48.9 Å². The van der Waals surface area contributed by atoms with Gasteiger partial charge in [-0.25, -0.2) is 10.0 Å². The minimum absolute atomic E-state index is 0.0909. The summed E-state index contributed by atoms with van der Waals surface area (Å²) in [5, 5.41) is 8.71. The molecule has 2 aromatic carbocycles. The zero-order valence-corrected chi connectivity index (χ0v) is 20.0. The fourth-order valence-corrected chi connectivity index (χ4v) is 5.25. The molecular formula is C26H32N4O4. The van der Waals surface area contributed by atoms with E-state index in [2.05, 4.69) is 33.9 Å². The molecule has 180 valence electrons. The zero-order valence-electron chi connectivity index (χ0n) is 20.0. The van der Waals surface area contributed by atoms with Crippen LogP contribution in [0.1, 0.15) is 45.7 Å². The average Bonchev–Trinajstić information content (AvgIpc) is 2.90. The number of fused-ring (bicyclic) bond motifs is 2. The lowest BCUT2D eigenvalue weighted by molar-refractivity contribution is 0.0317. The summed E-state index contributed by atoms with van der Waals surface area (Å²) in [6.07, 6.45) is 0. The number of carbonyl (C=O) groups excluding carboxylic acids is 2. The van der Waals surface area contributed by atoms with E-state index < -0.39 is 0 Å². The van der Waals surface area contributed by atoms with E-state index in [0.717, 1.165) is 37.6 Å². The molecule has 3 aliphatic rings. The van der Waals surface area contributed by atoms with Gasteiger partial charge in [-0.2, -0.15) is 0 Å². The predicted molar refractivity (Wildman–Crippen MR) is 131 cm³/mol. The van der Waals surface area contributed by atoms with Crippen molar-refractivity contribution in [2.45, 2.75) is 13.8 Å². The monoisotopic (exact) mass is 464 g/mol. The van der Waals surface area contributed by atoms with Crippen molar-refractivity contribution in [2.24, 2.45) is 0 Å². The van der Waals surface area contributed by atoms with Crippen LogP contribution in [-0.4, -0.2) is 87.3 Å². The third-order valence-corrected chi connectivity index (χ3v) is 6.84. The average molecular weight is 465 g/mol. The van der Waals surface area contributed by atoms with E-state index in [1.807, 2.05) is 24.3 Å². The molecule has 2 fully saturated rings. The number of benzene rings is 2. The van der Waals surface area contributed by atoms with Crippen molar-refractivity contribution in [3.63, 3.8) is 0 Å². The Morgan fingerprint density at radius 1 is 0.676 bits per heavy atom. The molecule has 0 unspecified atom stereocenters. The Morgan fingerprint density at radius 3 is 1.41 bits per heavy atom. The first kappa shape index (κ1) is 23.0. The number of nitrogens with zero attached hydrogens (tertiary/aromatic N) is 4. The summed E-state index contributed by atoms with van der Waals surface area (Å²) >= 11 is 0. The van der Waals surface area contributed by atoms with Gasteiger partial charge in [0.2, 0.25) is 0 Å². The van der Waals surface area contributed by atoms with Crippen LogP contribution in [0.4, 0.5) is 11.4 Å². The molecular weight excluding hydrogens is 432 g/mol. The van der Waals surface area contributed by atoms with Crippen LogP contribution in [0.15, 0.2) is 36.4 Å². The Morgan fingerprint density at radius 2 is 1.06 bits per heavy atom. The molecule has 2 aromatic rings. The number of ketones is 2. The smallest absolute Gasteiger partial charge is 0.196 e. The fourth-order valence-electron chi connectivity index (χ4n) is 5.25. The quantitative estimate of drug-likeness (QED) is 0.552. The Hall–Kier alpha value is -2.78. The van der Waals surface area contributed by atoms with Crippen LogP contribution in [0.5, 0.6) is 0 Å². The number of anilines is 2. The summed E-state index contributed by atoms with van der Waals surface area (Å²) in [7, 11) is 0. The predicted octanol–water partition coefficient (Wildman–Crippen LogP) is 2.61. The van der Waals surface area contributed by atoms with E-state index in [0.29, 0.717) is 61.8 Å². The summed E-state index contributed by atoms with van der Waals surface area (Å²) in [5.74, 6) is -0.182. The molecule has 0 bridgehead atoms. The molecule has 2 saturated heterocycles. The zero-order chi connectivity index (χ0) is 23.7. The molecule has 0 N–H and O–H groups in total. The molecule has 8 heteroatoms. The van der Waals surface area contributed by atoms with Gasteiger partial charge in [0.25, 0.3) is 0 Å². The lowest BCUT2D eigenvalue weighted by atomic mass is 9.82. The Labute approximate surface area is 200 Å². The molecule has 0 aromatic heterocycles. The van der Waals surface area contributed by atoms with E-state index >= 15 is 0 Å². The molecule has 0 saturated carbocycles. The van der Waals surface area contributed by atoms with Gasteiger partial charge in [-0.3, -0.25) is 9.59 Å². The van der Waals surface area contributed by atoms with Gasteiger partial charge in [0.1, 0.15) is 0 Å². The lowest BCUT2D eigenvalue weighted by Crippen LogP contribution is -2.51.